The van der Waals surface area contributed by atoms with Gasteiger partial charge in [0, 0.05) is 37.3 Å². The van der Waals surface area contributed by atoms with Crippen molar-refractivity contribution in [2.45, 2.75) is 101 Å². The summed E-state index contributed by atoms with van der Waals surface area (Å²) in [6.07, 6.45) is 5.18. The fourth-order valence-corrected chi connectivity index (χ4v) is 23.4. The van der Waals surface area contributed by atoms with Crippen LogP contribution in [0.4, 0.5) is 0 Å². The van der Waals surface area contributed by atoms with E-state index in [4.69, 9.17) is 9.22 Å². The first-order valence-electron chi connectivity index (χ1n) is 13.2. The minimum atomic E-state index is -2.38. The van der Waals surface area contributed by atoms with E-state index in [9.17, 15) is 13.7 Å². The van der Waals surface area contributed by atoms with Gasteiger partial charge in [-0.1, -0.05) is 13.8 Å². The molecule has 1 amide bonds. The smallest absolute Gasteiger partial charge is 0.275 e. The van der Waals surface area contributed by atoms with E-state index in [1.54, 1.807) is 0 Å². The van der Waals surface area contributed by atoms with Crippen LogP contribution in [0.3, 0.4) is 0 Å². The zero-order valence-electron chi connectivity index (χ0n) is 23.1. The molecule has 0 bridgehead atoms. The first-order valence-corrected chi connectivity index (χ1v) is 22.8. The molecule has 0 saturated heterocycles. The van der Waals surface area contributed by atoms with Crippen LogP contribution in [-0.2, 0) is 17.8 Å². The van der Waals surface area contributed by atoms with Gasteiger partial charge in [0.15, 0.2) is 16.6 Å². The maximum atomic E-state index is 12.6. The third-order valence-corrected chi connectivity index (χ3v) is 21.4. The SMILES string of the molecule is CC[Si](=O)C[Si](CCCNC(=O)CCCCC[N+](C)(C)CCCO)(C[Si](=O)CC)O[Si](C)(C)C. The number of carbonyl (C=O) groups is 1. The molecule has 34 heavy (non-hydrogen) atoms. The highest BCUT2D eigenvalue weighted by atomic mass is 28.5. The molecule has 7 nitrogen and oxygen atoms in total. The molecule has 0 unspecified atom stereocenters. The molecular formula is C23H53N2O5Si4+. The topological polar surface area (TPSA) is 92.7 Å². The number of hydrogen-bond acceptors (Lipinski definition) is 5. The van der Waals surface area contributed by atoms with Crippen molar-refractivity contribution in [2.75, 3.05) is 40.3 Å². The Labute approximate surface area is 214 Å². The van der Waals surface area contributed by atoms with Crippen LogP contribution in [0, 0.1) is 0 Å². The van der Waals surface area contributed by atoms with Gasteiger partial charge < -0.3 is 27.9 Å². The van der Waals surface area contributed by atoms with Crippen molar-refractivity contribution >= 4 is 39.9 Å². The summed E-state index contributed by atoms with van der Waals surface area (Å²) >= 11 is 0. The normalized spacial score (nSPS) is 12.6. The van der Waals surface area contributed by atoms with Gasteiger partial charge in [0.1, 0.15) is 0 Å². The molecule has 0 atom stereocenters. The Balaban J connectivity index is 4.60. The van der Waals surface area contributed by atoms with E-state index < -0.39 is 34.0 Å². The second-order valence-corrected chi connectivity index (χ2v) is 25.6. The molecule has 0 spiro atoms. The van der Waals surface area contributed by atoms with E-state index in [0.29, 0.717) is 36.4 Å². The molecule has 200 valence electrons. The molecule has 0 aromatic rings. The lowest BCUT2D eigenvalue weighted by Gasteiger charge is -2.37. The molecule has 0 aromatic carbocycles. The van der Waals surface area contributed by atoms with Gasteiger partial charge in [-0.2, -0.15) is 0 Å². The van der Waals surface area contributed by atoms with Gasteiger partial charge in [0.25, 0.3) is 17.4 Å². The predicted molar refractivity (Wildman–Crippen MR) is 148 cm³/mol. The fraction of sp³-hybridized carbons (Fsp3) is 0.957. The maximum absolute atomic E-state index is 12.6. The summed E-state index contributed by atoms with van der Waals surface area (Å²) < 4.78 is 32.8. The summed E-state index contributed by atoms with van der Waals surface area (Å²) in [6, 6.07) is 2.18. The van der Waals surface area contributed by atoms with Gasteiger partial charge >= 0.3 is 0 Å². The molecule has 0 radical (unpaired) electrons. The Morgan fingerprint density at radius 1 is 0.912 bits per heavy atom. The van der Waals surface area contributed by atoms with Crippen LogP contribution in [-0.4, -0.2) is 89.8 Å². The number of aliphatic hydroxyl groups is 1. The van der Waals surface area contributed by atoms with Crippen LogP contribution in [0.25, 0.3) is 0 Å². The molecule has 0 fully saturated rings. The zero-order chi connectivity index (χ0) is 26.3. The van der Waals surface area contributed by atoms with Crippen molar-refractivity contribution in [3.63, 3.8) is 0 Å². The molecular weight excluding hydrogens is 497 g/mol. The van der Waals surface area contributed by atoms with Gasteiger partial charge in [0.05, 0.1) is 27.2 Å². The monoisotopic (exact) mass is 549 g/mol. The second kappa shape index (κ2) is 17.3. The van der Waals surface area contributed by atoms with E-state index >= 15 is 0 Å². The zero-order valence-corrected chi connectivity index (χ0v) is 27.1. The molecule has 0 rings (SSSR count). The van der Waals surface area contributed by atoms with E-state index in [1.807, 2.05) is 13.8 Å². The summed E-state index contributed by atoms with van der Waals surface area (Å²) in [6.45, 7) is 13.3. The Hall–Kier alpha value is -0.182. The van der Waals surface area contributed by atoms with Crippen LogP contribution in [0.1, 0.15) is 52.4 Å². The van der Waals surface area contributed by atoms with Crippen LogP contribution >= 0.6 is 0 Å². The Morgan fingerprint density at radius 2 is 1.47 bits per heavy atom. The predicted octanol–water partition coefficient (Wildman–Crippen LogP) is 4.27. The van der Waals surface area contributed by atoms with Crippen molar-refractivity contribution in [1.29, 1.82) is 0 Å². The van der Waals surface area contributed by atoms with Gasteiger partial charge in [-0.25, -0.2) is 0 Å². The number of quaternary nitrogens is 1. The molecule has 0 aliphatic heterocycles. The molecule has 0 aliphatic carbocycles. The highest BCUT2D eigenvalue weighted by Gasteiger charge is 2.42. The number of unbranched alkanes of at least 4 members (excludes halogenated alkanes) is 2. The first kappa shape index (κ1) is 33.8. The Kier molecular flexibility index (Phi) is 17.2. The van der Waals surface area contributed by atoms with Crippen molar-refractivity contribution in [1.82, 2.24) is 5.32 Å². The molecule has 0 aromatic heterocycles. The van der Waals surface area contributed by atoms with E-state index in [2.05, 4.69) is 39.1 Å². The molecule has 0 saturated carbocycles. The lowest BCUT2D eigenvalue weighted by molar-refractivity contribution is -0.890. The number of nitrogens with zero attached hydrogens (tertiary/aromatic N) is 1. The second-order valence-electron chi connectivity index (χ2n) is 11.3. The number of aliphatic hydroxyl groups excluding tert-OH is 1. The number of rotatable bonds is 21. The largest absolute Gasteiger partial charge is 0.455 e. The van der Waals surface area contributed by atoms with Crippen molar-refractivity contribution < 1.29 is 27.4 Å². The summed E-state index contributed by atoms with van der Waals surface area (Å²) in [5, 5.41) is 12.1. The number of nitrogens with one attached hydrogen (secondary N) is 1. The minimum Gasteiger partial charge on any atom is -0.455 e. The summed E-state index contributed by atoms with van der Waals surface area (Å²) in [4.78, 5) is 12.3. The van der Waals surface area contributed by atoms with Gasteiger partial charge in [-0.05, 0) is 63.5 Å². The highest BCUT2D eigenvalue weighted by Crippen LogP contribution is 2.29. The van der Waals surface area contributed by atoms with Crippen LogP contribution in [0.2, 0.25) is 49.1 Å². The standard InChI is InChI=1S/C23H52N2O5Si4/c1-8-31(28)21-34(22-32(29)9-2,30-33(5,6)7)20-13-16-24-23(27)15-11-10-12-17-25(3,4)18-14-19-26/h26H,8-22H2,1-7H3/p+1. The van der Waals surface area contributed by atoms with Gasteiger partial charge in [-0.15, -0.1) is 0 Å². The van der Waals surface area contributed by atoms with Crippen molar-refractivity contribution in [3.8, 4) is 0 Å². The first-order chi connectivity index (χ1) is 15.8. The molecule has 0 aliphatic rings. The third-order valence-electron chi connectivity index (χ3n) is 6.07. The molecule has 2 N–H and O–H groups in total. The highest BCUT2D eigenvalue weighted by molar-refractivity contribution is 6.94. The van der Waals surface area contributed by atoms with E-state index in [0.717, 1.165) is 55.7 Å². The Morgan fingerprint density at radius 3 is 1.97 bits per heavy atom. The fourth-order valence-electron chi connectivity index (χ4n) is 4.32. The Bertz CT molecular complexity index is 609. The third kappa shape index (κ3) is 17.3. The lowest BCUT2D eigenvalue weighted by Crippen LogP contribution is -2.50. The average Bonchev–Trinajstić information content (AvgIpc) is 2.73. The molecule has 0 heterocycles. The van der Waals surface area contributed by atoms with E-state index in [-0.39, 0.29) is 12.5 Å². The van der Waals surface area contributed by atoms with Crippen molar-refractivity contribution in [3.05, 3.63) is 0 Å². The quantitative estimate of drug-likeness (QED) is 0.127. The minimum absolute atomic E-state index is 0.0941. The van der Waals surface area contributed by atoms with Gasteiger partial charge in [-0.3, -0.25) is 4.79 Å². The lowest BCUT2D eigenvalue weighted by atomic mass is 10.1. The maximum Gasteiger partial charge on any atom is 0.275 e. The average molecular weight is 550 g/mol. The van der Waals surface area contributed by atoms with E-state index in [1.165, 1.54) is 0 Å². The van der Waals surface area contributed by atoms with Crippen molar-refractivity contribution in [2.24, 2.45) is 0 Å². The summed E-state index contributed by atoms with van der Waals surface area (Å²) in [5.41, 5.74) is 1.27. The van der Waals surface area contributed by atoms with Crippen LogP contribution in [0.15, 0.2) is 0 Å². The summed E-state index contributed by atoms with van der Waals surface area (Å²) in [7, 11) is -3.29. The summed E-state index contributed by atoms with van der Waals surface area (Å²) in [5.74, 6) is 0.0941. The van der Waals surface area contributed by atoms with Crippen LogP contribution in [0.5, 0.6) is 0 Å². The number of amides is 1. The number of hydrogen-bond donors (Lipinski definition) is 2. The van der Waals surface area contributed by atoms with Crippen LogP contribution < -0.4 is 5.32 Å². The van der Waals surface area contributed by atoms with Gasteiger partial charge in [0.2, 0.25) is 5.91 Å². The number of carbonyl (C=O) groups excluding carboxylic acids is 1. The molecule has 11 heteroatoms.